The van der Waals surface area contributed by atoms with E-state index in [1.165, 1.54) is 10.9 Å². The van der Waals surface area contributed by atoms with Crippen LogP contribution in [-0.2, 0) is 14.6 Å². The number of nitrogens with zero attached hydrogens (tertiary/aromatic N) is 2. The van der Waals surface area contributed by atoms with Gasteiger partial charge in [-0.25, -0.2) is 13.2 Å². The van der Waals surface area contributed by atoms with Crippen LogP contribution in [0.1, 0.15) is 40.9 Å². The lowest BCUT2D eigenvalue weighted by Gasteiger charge is -2.08. The summed E-state index contributed by atoms with van der Waals surface area (Å²) in [5, 5.41) is 13.6. The van der Waals surface area contributed by atoms with E-state index in [0.29, 0.717) is 25.3 Å². The number of carbonyl (C=O) groups is 1. The number of ether oxygens (including phenoxy) is 1. The predicted molar refractivity (Wildman–Crippen MR) is 69.7 cm³/mol. The van der Waals surface area contributed by atoms with Crippen LogP contribution in [0.5, 0.6) is 0 Å². The molecule has 2 atom stereocenters. The van der Waals surface area contributed by atoms with Crippen molar-refractivity contribution in [2.75, 3.05) is 24.7 Å². The van der Waals surface area contributed by atoms with Crippen LogP contribution in [0.15, 0.2) is 6.20 Å². The molecule has 1 aromatic rings. The van der Waals surface area contributed by atoms with Gasteiger partial charge in [0.15, 0.2) is 9.84 Å². The molecule has 2 aliphatic rings. The number of hydrogen-bond donors (Lipinski definition) is 1. The molecule has 0 bridgehead atoms. The van der Waals surface area contributed by atoms with Gasteiger partial charge < -0.3 is 9.84 Å². The monoisotopic (exact) mass is 300 g/mol. The fourth-order valence-electron chi connectivity index (χ4n) is 2.79. The summed E-state index contributed by atoms with van der Waals surface area (Å²) < 4.78 is 29.8. The summed E-state index contributed by atoms with van der Waals surface area (Å²) in [6.45, 7) is 1.08. The van der Waals surface area contributed by atoms with Crippen molar-refractivity contribution in [2.24, 2.45) is 0 Å². The zero-order chi connectivity index (χ0) is 14.3. The standard InChI is InChI=1S/C12H16N2O5S/c15-12(16)10-5-14(9-2-4-20(17,18)7-9)13-11(10)8-1-3-19-6-8/h5,8-9H,1-4,6-7H2,(H,15,16). The van der Waals surface area contributed by atoms with Crippen LogP contribution in [0, 0.1) is 0 Å². The summed E-state index contributed by atoms with van der Waals surface area (Å²) in [6.07, 6.45) is 2.70. The normalized spacial score (nSPS) is 28.8. The molecular weight excluding hydrogens is 284 g/mol. The number of aromatic nitrogens is 2. The van der Waals surface area contributed by atoms with Crippen molar-refractivity contribution in [2.45, 2.75) is 24.8 Å². The lowest BCUT2D eigenvalue weighted by atomic mass is 10.0. The molecule has 0 saturated carbocycles. The second-order valence-electron chi connectivity index (χ2n) is 5.33. The van der Waals surface area contributed by atoms with Crippen LogP contribution in [0.3, 0.4) is 0 Å². The third kappa shape index (κ3) is 2.45. The molecule has 1 aromatic heterocycles. The third-order valence-corrected chi connectivity index (χ3v) is 5.64. The first-order chi connectivity index (χ1) is 9.46. The predicted octanol–water partition coefficient (Wildman–Crippen LogP) is 0.445. The van der Waals surface area contributed by atoms with Crippen molar-refractivity contribution in [1.29, 1.82) is 0 Å². The molecule has 0 amide bonds. The van der Waals surface area contributed by atoms with Crippen molar-refractivity contribution in [3.8, 4) is 0 Å². The first-order valence-corrected chi connectivity index (χ1v) is 8.39. The minimum Gasteiger partial charge on any atom is -0.478 e. The molecule has 0 aromatic carbocycles. The Balaban J connectivity index is 1.93. The maximum absolute atomic E-state index is 11.5. The fourth-order valence-corrected chi connectivity index (χ4v) is 4.50. The van der Waals surface area contributed by atoms with E-state index in [1.807, 2.05) is 0 Å². The van der Waals surface area contributed by atoms with Gasteiger partial charge in [-0.3, -0.25) is 4.68 Å². The topological polar surface area (TPSA) is 98.5 Å². The van der Waals surface area contributed by atoms with E-state index in [-0.39, 0.29) is 29.0 Å². The van der Waals surface area contributed by atoms with E-state index in [4.69, 9.17) is 4.74 Å². The second kappa shape index (κ2) is 4.85. The Morgan fingerprint density at radius 2 is 2.25 bits per heavy atom. The summed E-state index contributed by atoms with van der Waals surface area (Å²) >= 11 is 0. The van der Waals surface area contributed by atoms with Gasteiger partial charge in [-0.2, -0.15) is 5.10 Å². The Morgan fingerprint density at radius 3 is 2.80 bits per heavy atom. The van der Waals surface area contributed by atoms with E-state index in [1.54, 1.807) is 0 Å². The number of carboxylic acid groups (broad SMARTS) is 1. The largest absolute Gasteiger partial charge is 0.478 e. The number of rotatable bonds is 3. The molecule has 20 heavy (non-hydrogen) atoms. The highest BCUT2D eigenvalue weighted by atomic mass is 32.2. The summed E-state index contributed by atoms with van der Waals surface area (Å²) in [7, 11) is -3.02. The highest BCUT2D eigenvalue weighted by Crippen LogP contribution is 2.30. The maximum atomic E-state index is 11.5. The highest BCUT2D eigenvalue weighted by molar-refractivity contribution is 7.91. The Kier molecular flexibility index (Phi) is 3.29. The van der Waals surface area contributed by atoms with Crippen molar-refractivity contribution in [3.05, 3.63) is 17.5 Å². The van der Waals surface area contributed by atoms with Gasteiger partial charge in [-0.1, -0.05) is 0 Å². The first-order valence-electron chi connectivity index (χ1n) is 6.57. The summed E-state index contributed by atoms with van der Waals surface area (Å²) in [6, 6.07) is -0.255. The van der Waals surface area contributed by atoms with Crippen molar-refractivity contribution in [1.82, 2.24) is 9.78 Å². The van der Waals surface area contributed by atoms with Crippen LogP contribution in [0.25, 0.3) is 0 Å². The molecule has 2 fully saturated rings. The Labute approximate surface area is 116 Å². The number of hydrogen-bond acceptors (Lipinski definition) is 5. The molecule has 0 spiro atoms. The minimum absolute atomic E-state index is 0.0136. The number of carboxylic acids is 1. The molecule has 110 valence electrons. The molecular formula is C12H16N2O5S. The zero-order valence-electron chi connectivity index (χ0n) is 10.9. The van der Waals surface area contributed by atoms with E-state index < -0.39 is 15.8 Å². The van der Waals surface area contributed by atoms with E-state index >= 15 is 0 Å². The van der Waals surface area contributed by atoms with Gasteiger partial charge in [-0.15, -0.1) is 0 Å². The molecule has 7 nitrogen and oxygen atoms in total. The number of aromatic carboxylic acids is 1. The minimum atomic E-state index is -3.02. The average molecular weight is 300 g/mol. The molecule has 2 aliphatic heterocycles. The Hall–Kier alpha value is -1.41. The Morgan fingerprint density at radius 1 is 1.45 bits per heavy atom. The van der Waals surface area contributed by atoms with Crippen LogP contribution >= 0.6 is 0 Å². The quantitative estimate of drug-likeness (QED) is 0.870. The van der Waals surface area contributed by atoms with E-state index in [2.05, 4.69) is 5.10 Å². The average Bonchev–Trinajstić information content (AvgIpc) is 3.04. The zero-order valence-corrected chi connectivity index (χ0v) is 11.7. The van der Waals surface area contributed by atoms with Gasteiger partial charge >= 0.3 is 5.97 Å². The van der Waals surface area contributed by atoms with E-state index in [9.17, 15) is 18.3 Å². The van der Waals surface area contributed by atoms with Gasteiger partial charge in [0, 0.05) is 18.7 Å². The lowest BCUT2D eigenvalue weighted by Crippen LogP contribution is -2.12. The highest BCUT2D eigenvalue weighted by Gasteiger charge is 2.33. The first kappa shape index (κ1) is 13.6. The van der Waals surface area contributed by atoms with Gasteiger partial charge in [0.25, 0.3) is 0 Å². The van der Waals surface area contributed by atoms with Gasteiger partial charge in [-0.05, 0) is 12.8 Å². The third-order valence-electron chi connectivity index (χ3n) is 3.89. The van der Waals surface area contributed by atoms with Crippen molar-refractivity contribution >= 4 is 15.8 Å². The molecule has 0 aliphatic carbocycles. The molecule has 3 heterocycles. The van der Waals surface area contributed by atoms with Gasteiger partial charge in [0.2, 0.25) is 0 Å². The molecule has 8 heteroatoms. The molecule has 1 N–H and O–H groups in total. The summed E-state index contributed by atoms with van der Waals surface area (Å²) in [5.74, 6) is -0.866. The van der Waals surface area contributed by atoms with Crippen LogP contribution in [-0.4, -0.2) is 54.0 Å². The van der Waals surface area contributed by atoms with Crippen LogP contribution in [0.2, 0.25) is 0 Å². The molecule has 2 saturated heterocycles. The number of sulfone groups is 1. The lowest BCUT2D eigenvalue weighted by molar-refractivity contribution is 0.0695. The molecule has 3 rings (SSSR count). The SMILES string of the molecule is O=C(O)c1cn(C2CCS(=O)(=O)C2)nc1C1CCOC1. The van der Waals surface area contributed by atoms with Gasteiger partial charge in [0.05, 0.1) is 29.8 Å². The summed E-state index contributed by atoms with van der Waals surface area (Å²) in [4.78, 5) is 11.3. The van der Waals surface area contributed by atoms with E-state index in [0.717, 1.165) is 6.42 Å². The molecule has 2 unspecified atom stereocenters. The van der Waals surface area contributed by atoms with Gasteiger partial charge in [0.1, 0.15) is 5.56 Å². The maximum Gasteiger partial charge on any atom is 0.339 e. The van der Waals surface area contributed by atoms with Crippen molar-refractivity contribution in [3.63, 3.8) is 0 Å². The van der Waals surface area contributed by atoms with Crippen molar-refractivity contribution < 1.29 is 23.1 Å². The fraction of sp³-hybridized carbons (Fsp3) is 0.667. The molecule has 0 radical (unpaired) electrons. The smallest absolute Gasteiger partial charge is 0.339 e. The second-order valence-corrected chi connectivity index (χ2v) is 7.56. The van der Waals surface area contributed by atoms with Crippen LogP contribution in [0.4, 0.5) is 0 Å². The van der Waals surface area contributed by atoms with Crippen LogP contribution < -0.4 is 0 Å². The Bertz CT molecular complexity index is 630. The summed E-state index contributed by atoms with van der Waals surface area (Å²) in [5.41, 5.74) is 0.670.